The number of hydrogen-bond acceptors (Lipinski definition) is 3. The van der Waals surface area contributed by atoms with Crippen molar-refractivity contribution in [2.45, 2.75) is 45.1 Å². The number of benzene rings is 1. The van der Waals surface area contributed by atoms with Crippen LogP contribution in [0.25, 0.3) is 22.2 Å². The van der Waals surface area contributed by atoms with Gasteiger partial charge in [-0.05, 0) is 66.7 Å². The van der Waals surface area contributed by atoms with Crippen molar-refractivity contribution >= 4 is 22.7 Å². The summed E-state index contributed by atoms with van der Waals surface area (Å²) in [4.78, 5) is 34.5. The van der Waals surface area contributed by atoms with E-state index in [-0.39, 0.29) is 5.91 Å². The zero-order valence-corrected chi connectivity index (χ0v) is 18.0. The van der Waals surface area contributed by atoms with Crippen molar-refractivity contribution in [3.05, 3.63) is 65.0 Å². The molecule has 0 atom stereocenters. The third-order valence-corrected chi connectivity index (χ3v) is 7.71. The molecule has 2 aliphatic carbocycles. The van der Waals surface area contributed by atoms with Crippen LogP contribution in [0.1, 0.15) is 52.0 Å². The molecule has 0 unspecified atom stereocenters. The lowest BCUT2D eigenvalue weighted by atomic mass is 9.82. The van der Waals surface area contributed by atoms with Gasteiger partial charge in [-0.25, -0.2) is 0 Å². The molecule has 6 rings (SSSR count). The molecule has 6 nitrogen and oxygen atoms in total. The molecule has 3 N–H and O–H groups in total. The first-order chi connectivity index (χ1) is 15.5. The first-order valence-electron chi connectivity index (χ1n) is 11.3. The Morgan fingerprint density at radius 3 is 2.78 bits per heavy atom. The van der Waals surface area contributed by atoms with Gasteiger partial charge in [-0.3, -0.25) is 14.6 Å². The van der Waals surface area contributed by atoms with Gasteiger partial charge in [0.15, 0.2) is 0 Å². The van der Waals surface area contributed by atoms with Gasteiger partial charge in [0.05, 0.1) is 16.8 Å². The number of H-pyrrole nitrogens is 1. The molecule has 6 heteroatoms. The van der Waals surface area contributed by atoms with Crippen LogP contribution >= 0.6 is 0 Å². The molecule has 2 amide bonds. The fourth-order valence-corrected chi connectivity index (χ4v) is 5.72. The third kappa shape index (κ3) is 2.82. The highest BCUT2D eigenvalue weighted by Crippen LogP contribution is 2.56. The Balaban J connectivity index is 1.55. The second kappa shape index (κ2) is 6.79. The molecule has 1 aliphatic heterocycles. The zero-order valence-electron chi connectivity index (χ0n) is 18.0. The number of aromatic amines is 1. The Kier molecular flexibility index (Phi) is 4.09. The van der Waals surface area contributed by atoms with Crippen molar-refractivity contribution in [3.63, 3.8) is 0 Å². The van der Waals surface area contributed by atoms with Crippen LogP contribution < -0.4 is 5.73 Å². The number of nitrogens with one attached hydrogen (secondary N) is 1. The topological polar surface area (TPSA) is 92.1 Å². The van der Waals surface area contributed by atoms with Gasteiger partial charge in [-0.2, -0.15) is 0 Å². The number of carbonyl (C=O) groups excluding carboxylic acids is 2. The summed E-state index contributed by atoms with van der Waals surface area (Å²) in [5, 5.41) is 1.06. The van der Waals surface area contributed by atoms with E-state index in [9.17, 15) is 9.59 Å². The summed E-state index contributed by atoms with van der Waals surface area (Å²) in [5.41, 5.74) is 14.3. The molecule has 1 spiro atoms. The van der Waals surface area contributed by atoms with Crippen LogP contribution in [0.3, 0.4) is 0 Å². The van der Waals surface area contributed by atoms with Gasteiger partial charge in [0.25, 0.3) is 5.91 Å². The minimum absolute atomic E-state index is 0.0400. The van der Waals surface area contributed by atoms with Gasteiger partial charge < -0.3 is 15.6 Å². The molecule has 3 aliphatic rings. The minimum atomic E-state index is -0.456. The predicted molar refractivity (Wildman–Crippen MR) is 123 cm³/mol. The fraction of sp³-hybridized carbons (Fsp3) is 0.346. The van der Waals surface area contributed by atoms with Gasteiger partial charge in [0, 0.05) is 35.9 Å². The molecule has 2 aromatic heterocycles. The maximum Gasteiger partial charge on any atom is 0.252 e. The lowest BCUT2D eigenvalue weighted by molar-refractivity contribution is -0.126. The third-order valence-electron chi connectivity index (χ3n) is 7.71. The number of rotatable bonds is 3. The SMILES string of the molecule is C=CC(=O)N1CCc2c(cccc2-c2ncc(C(N)=O)c3[nH]c4c(c23)CC2(CC4)CC2)C1. The monoisotopic (exact) mass is 426 g/mol. The van der Waals surface area contributed by atoms with Crippen LogP contribution in [0.4, 0.5) is 0 Å². The summed E-state index contributed by atoms with van der Waals surface area (Å²) in [6.07, 6.45) is 9.57. The second-order valence-electron chi connectivity index (χ2n) is 9.55. The number of nitrogens with two attached hydrogens (primary N) is 1. The summed E-state index contributed by atoms with van der Waals surface area (Å²) in [5.74, 6) is -0.496. The van der Waals surface area contributed by atoms with Gasteiger partial charge in [-0.1, -0.05) is 24.8 Å². The summed E-state index contributed by atoms with van der Waals surface area (Å²) in [6.45, 7) is 4.86. The van der Waals surface area contributed by atoms with Crippen molar-refractivity contribution < 1.29 is 9.59 Å². The van der Waals surface area contributed by atoms with Crippen molar-refractivity contribution in [1.82, 2.24) is 14.9 Å². The molecule has 162 valence electrons. The number of fused-ring (bicyclic) bond motifs is 4. The Hall–Kier alpha value is -3.41. The van der Waals surface area contributed by atoms with E-state index >= 15 is 0 Å². The van der Waals surface area contributed by atoms with Crippen LogP contribution in [0, 0.1) is 5.41 Å². The zero-order chi connectivity index (χ0) is 22.0. The maximum absolute atomic E-state index is 12.2. The standard InChI is InChI=1S/C26H26N4O2/c1-2-21(31)30-11-7-16-15(14-30)4-3-5-17(16)23-22-18-12-26(9-10-26)8-6-20(18)29-24(22)19(13-28-23)25(27)32/h2-5,13,29H,1,6-12,14H2,(H2,27,32). The van der Waals surface area contributed by atoms with E-state index in [0.29, 0.717) is 24.1 Å². The van der Waals surface area contributed by atoms with Crippen LogP contribution in [0.15, 0.2) is 37.1 Å². The molecule has 0 bridgehead atoms. The average Bonchev–Trinajstić information content (AvgIpc) is 3.45. The first kappa shape index (κ1) is 19.3. The number of pyridine rings is 1. The lowest BCUT2D eigenvalue weighted by Crippen LogP contribution is -2.34. The molecule has 0 radical (unpaired) electrons. The molecular weight excluding hydrogens is 400 g/mol. The Morgan fingerprint density at radius 1 is 1.19 bits per heavy atom. The number of aromatic nitrogens is 2. The summed E-state index contributed by atoms with van der Waals surface area (Å²) in [7, 11) is 0. The molecule has 1 aromatic carbocycles. The molecule has 3 aromatic rings. The molecule has 0 saturated heterocycles. The van der Waals surface area contributed by atoms with Crippen LogP contribution in [0.2, 0.25) is 0 Å². The van der Waals surface area contributed by atoms with Crippen LogP contribution in [-0.4, -0.2) is 33.2 Å². The van der Waals surface area contributed by atoms with E-state index in [2.05, 4.69) is 23.7 Å². The highest BCUT2D eigenvalue weighted by molar-refractivity contribution is 6.09. The van der Waals surface area contributed by atoms with E-state index in [0.717, 1.165) is 47.0 Å². The van der Waals surface area contributed by atoms with Gasteiger partial charge >= 0.3 is 0 Å². The summed E-state index contributed by atoms with van der Waals surface area (Å²) >= 11 is 0. The Morgan fingerprint density at radius 2 is 2.03 bits per heavy atom. The fourth-order valence-electron chi connectivity index (χ4n) is 5.72. The van der Waals surface area contributed by atoms with Crippen molar-refractivity contribution in [1.29, 1.82) is 0 Å². The number of aryl methyl sites for hydroxylation is 1. The smallest absolute Gasteiger partial charge is 0.252 e. The van der Waals surface area contributed by atoms with Gasteiger partial charge in [0.1, 0.15) is 0 Å². The second-order valence-corrected chi connectivity index (χ2v) is 9.55. The molecular formula is C26H26N4O2. The number of nitrogens with zero attached hydrogens (tertiary/aromatic N) is 2. The maximum atomic E-state index is 12.2. The number of hydrogen-bond donors (Lipinski definition) is 2. The first-order valence-corrected chi connectivity index (χ1v) is 11.3. The van der Waals surface area contributed by atoms with E-state index in [1.54, 1.807) is 6.20 Å². The van der Waals surface area contributed by atoms with Gasteiger partial charge in [-0.15, -0.1) is 0 Å². The Bertz CT molecular complexity index is 1320. The highest BCUT2D eigenvalue weighted by Gasteiger charge is 2.46. The number of carbonyl (C=O) groups is 2. The highest BCUT2D eigenvalue weighted by atomic mass is 16.2. The summed E-state index contributed by atoms with van der Waals surface area (Å²) in [6, 6.07) is 6.24. The Labute approximate surface area is 186 Å². The number of amides is 2. The molecule has 1 saturated carbocycles. The van der Waals surface area contributed by atoms with E-state index in [1.807, 2.05) is 11.0 Å². The van der Waals surface area contributed by atoms with Crippen molar-refractivity contribution in [2.75, 3.05) is 6.54 Å². The number of primary amides is 1. The van der Waals surface area contributed by atoms with Crippen molar-refractivity contribution in [2.24, 2.45) is 11.1 Å². The van der Waals surface area contributed by atoms with Crippen LogP contribution in [0.5, 0.6) is 0 Å². The largest absolute Gasteiger partial charge is 0.365 e. The predicted octanol–water partition coefficient (Wildman–Crippen LogP) is 3.67. The van der Waals surface area contributed by atoms with Crippen molar-refractivity contribution in [3.8, 4) is 11.3 Å². The summed E-state index contributed by atoms with van der Waals surface area (Å²) < 4.78 is 0. The quantitative estimate of drug-likeness (QED) is 0.626. The minimum Gasteiger partial charge on any atom is -0.365 e. The average molecular weight is 427 g/mol. The van der Waals surface area contributed by atoms with E-state index < -0.39 is 5.91 Å². The van der Waals surface area contributed by atoms with E-state index in [4.69, 9.17) is 10.7 Å². The lowest BCUT2D eigenvalue weighted by Gasteiger charge is -2.29. The van der Waals surface area contributed by atoms with Gasteiger partial charge in [0.2, 0.25) is 5.91 Å². The molecule has 1 fully saturated rings. The van der Waals surface area contributed by atoms with E-state index in [1.165, 1.54) is 42.2 Å². The van der Waals surface area contributed by atoms with Crippen LogP contribution in [-0.2, 0) is 30.6 Å². The molecule has 3 heterocycles. The normalized spacial score (nSPS) is 18.3. The molecule has 32 heavy (non-hydrogen) atoms.